The Morgan fingerprint density at radius 2 is 1.95 bits per heavy atom. The molecule has 1 aromatic heterocycles. The van der Waals surface area contributed by atoms with Gasteiger partial charge < -0.3 is 25.7 Å². The van der Waals surface area contributed by atoms with Gasteiger partial charge in [-0.25, -0.2) is 10.8 Å². The first-order valence-electron chi connectivity index (χ1n) is 12.6. The molecule has 2 aromatic carbocycles. The van der Waals surface area contributed by atoms with Crippen molar-refractivity contribution in [1.82, 2.24) is 9.88 Å². The average molecular weight is 520 g/mol. The minimum absolute atomic E-state index is 0.0346. The highest BCUT2D eigenvalue weighted by atomic mass is 16.5. The second-order valence-electron chi connectivity index (χ2n) is 10.6. The summed E-state index contributed by atoms with van der Waals surface area (Å²) in [5.74, 6) is 5.25. The van der Waals surface area contributed by atoms with E-state index in [0.717, 1.165) is 27.8 Å². The first-order chi connectivity index (χ1) is 17.9. The van der Waals surface area contributed by atoms with Crippen molar-refractivity contribution in [1.29, 1.82) is 0 Å². The highest BCUT2D eigenvalue weighted by molar-refractivity contribution is 5.78. The summed E-state index contributed by atoms with van der Waals surface area (Å²) in [4.78, 5) is 19.0. The summed E-state index contributed by atoms with van der Waals surface area (Å²) in [7, 11) is 1.72. The van der Waals surface area contributed by atoms with Gasteiger partial charge in [-0.05, 0) is 67.6 Å². The highest BCUT2D eigenvalue weighted by Gasteiger charge is 2.40. The predicted molar refractivity (Wildman–Crippen MR) is 148 cm³/mol. The zero-order valence-electron chi connectivity index (χ0n) is 22.7. The Labute approximate surface area is 223 Å². The smallest absolute Gasteiger partial charge is 0.310 e. The first kappa shape index (κ1) is 27.2. The van der Waals surface area contributed by atoms with E-state index in [-0.39, 0.29) is 5.88 Å². The van der Waals surface area contributed by atoms with E-state index in [1.165, 1.54) is 11.1 Å². The van der Waals surface area contributed by atoms with Gasteiger partial charge in [0, 0.05) is 38.7 Å². The number of aryl methyl sites for hydroxylation is 1. The number of nitrogen functional groups attached to an aromatic ring is 1. The van der Waals surface area contributed by atoms with E-state index in [1.807, 2.05) is 31.2 Å². The Kier molecular flexibility index (Phi) is 7.53. The molecule has 202 valence electrons. The number of anilines is 2. The molecule has 0 spiro atoms. The molecule has 1 atom stereocenters. The fourth-order valence-electron chi connectivity index (χ4n) is 5.17. The number of aliphatic carboxylic acids is 1. The number of aromatic hydroxyl groups is 1. The molecule has 0 fully saturated rings. The molecule has 0 aliphatic carbocycles. The van der Waals surface area contributed by atoms with Gasteiger partial charge in [-0.2, -0.15) is 0 Å². The molecule has 0 saturated carbocycles. The van der Waals surface area contributed by atoms with Gasteiger partial charge >= 0.3 is 5.97 Å². The van der Waals surface area contributed by atoms with Crippen molar-refractivity contribution in [2.75, 3.05) is 30.9 Å². The Morgan fingerprint density at radius 3 is 2.63 bits per heavy atom. The number of nitrogens with two attached hydrogens (primary N) is 2. The lowest BCUT2D eigenvalue weighted by Gasteiger charge is -2.34. The molecule has 1 unspecified atom stereocenters. The summed E-state index contributed by atoms with van der Waals surface area (Å²) >= 11 is 0. The SMILES string of the molecule is Cc1ccc(C(c2ccc(N(C)N)c(N)c2C)C(C)(C)C(=O)O)cc1CN1CCOc2ccc(O)nc2C1. The highest BCUT2D eigenvalue weighted by Crippen LogP contribution is 2.45. The van der Waals surface area contributed by atoms with Crippen LogP contribution >= 0.6 is 0 Å². The van der Waals surface area contributed by atoms with Gasteiger partial charge in [0.25, 0.3) is 0 Å². The summed E-state index contributed by atoms with van der Waals surface area (Å²) in [5.41, 5.74) is 12.0. The van der Waals surface area contributed by atoms with Gasteiger partial charge in [-0.15, -0.1) is 0 Å². The van der Waals surface area contributed by atoms with Crippen LogP contribution in [0.5, 0.6) is 11.6 Å². The van der Waals surface area contributed by atoms with Crippen LogP contribution in [0.1, 0.15) is 53.3 Å². The van der Waals surface area contributed by atoms with E-state index in [0.29, 0.717) is 49.1 Å². The maximum Gasteiger partial charge on any atom is 0.310 e. The summed E-state index contributed by atoms with van der Waals surface area (Å²) in [6.07, 6.45) is 0. The van der Waals surface area contributed by atoms with Gasteiger partial charge in [0.2, 0.25) is 5.88 Å². The maximum absolute atomic E-state index is 12.5. The Balaban J connectivity index is 1.75. The molecular formula is C29H37N5O4. The molecule has 4 rings (SSSR count). The fraction of sp³-hybridized carbons (Fsp3) is 0.379. The Morgan fingerprint density at radius 1 is 1.21 bits per heavy atom. The van der Waals surface area contributed by atoms with Crippen LogP contribution in [-0.4, -0.2) is 46.3 Å². The number of benzene rings is 2. The molecule has 6 N–H and O–H groups in total. The molecule has 0 amide bonds. The normalized spacial score (nSPS) is 14.8. The van der Waals surface area contributed by atoms with Crippen LogP contribution in [0.3, 0.4) is 0 Å². The van der Waals surface area contributed by atoms with Crippen molar-refractivity contribution in [3.05, 3.63) is 76.0 Å². The summed E-state index contributed by atoms with van der Waals surface area (Å²) in [5, 5.41) is 21.6. The Bertz CT molecular complexity index is 1360. The molecule has 38 heavy (non-hydrogen) atoms. The lowest BCUT2D eigenvalue weighted by atomic mass is 9.69. The number of ether oxygens (including phenoxy) is 1. The average Bonchev–Trinajstić information content (AvgIpc) is 3.04. The van der Waals surface area contributed by atoms with E-state index < -0.39 is 17.3 Å². The molecule has 9 heteroatoms. The molecular weight excluding hydrogens is 482 g/mol. The molecule has 3 aromatic rings. The number of aromatic nitrogens is 1. The second-order valence-corrected chi connectivity index (χ2v) is 10.6. The number of pyridine rings is 1. The second kappa shape index (κ2) is 10.5. The predicted octanol–water partition coefficient (Wildman–Crippen LogP) is 3.93. The van der Waals surface area contributed by atoms with Crippen LogP contribution in [0.25, 0.3) is 0 Å². The summed E-state index contributed by atoms with van der Waals surface area (Å²) in [6, 6.07) is 13.2. The van der Waals surface area contributed by atoms with Crippen molar-refractivity contribution >= 4 is 17.3 Å². The molecule has 1 aliphatic rings. The van der Waals surface area contributed by atoms with Crippen molar-refractivity contribution in [2.45, 2.75) is 46.7 Å². The number of rotatable bonds is 7. The van der Waals surface area contributed by atoms with Crippen LogP contribution in [0, 0.1) is 19.3 Å². The lowest BCUT2D eigenvalue weighted by molar-refractivity contribution is -0.147. The van der Waals surface area contributed by atoms with Crippen molar-refractivity contribution < 1.29 is 19.7 Å². The van der Waals surface area contributed by atoms with Gasteiger partial charge in [-0.3, -0.25) is 9.69 Å². The number of carbonyl (C=O) groups is 1. The first-order valence-corrected chi connectivity index (χ1v) is 12.6. The van der Waals surface area contributed by atoms with E-state index in [2.05, 4.69) is 22.9 Å². The zero-order valence-corrected chi connectivity index (χ0v) is 22.7. The van der Waals surface area contributed by atoms with E-state index in [4.69, 9.17) is 16.3 Å². The van der Waals surface area contributed by atoms with Gasteiger partial charge in [0.15, 0.2) is 0 Å². The van der Waals surface area contributed by atoms with Crippen LogP contribution < -0.4 is 21.3 Å². The summed E-state index contributed by atoms with van der Waals surface area (Å²) in [6.45, 7) is 9.81. The van der Waals surface area contributed by atoms with Gasteiger partial charge in [0.05, 0.1) is 16.8 Å². The number of hydrazine groups is 1. The van der Waals surface area contributed by atoms with Crippen molar-refractivity contribution in [3.8, 4) is 11.6 Å². The minimum Gasteiger partial charge on any atom is -0.493 e. The number of carboxylic acid groups (broad SMARTS) is 1. The molecule has 9 nitrogen and oxygen atoms in total. The third-order valence-electron chi connectivity index (χ3n) is 7.55. The largest absolute Gasteiger partial charge is 0.493 e. The monoisotopic (exact) mass is 519 g/mol. The molecule has 0 radical (unpaired) electrons. The van der Waals surface area contributed by atoms with Crippen LogP contribution in [0.15, 0.2) is 42.5 Å². The molecule has 1 aliphatic heterocycles. The van der Waals surface area contributed by atoms with Crippen molar-refractivity contribution in [3.63, 3.8) is 0 Å². The quantitative estimate of drug-likeness (QED) is 0.208. The van der Waals surface area contributed by atoms with Gasteiger partial charge in [-0.1, -0.05) is 24.3 Å². The van der Waals surface area contributed by atoms with E-state index in [1.54, 1.807) is 27.0 Å². The van der Waals surface area contributed by atoms with Crippen LogP contribution in [0.4, 0.5) is 11.4 Å². The van der Waals surface area contributed by atoms with Crippen LogP contribution in [-0.2, 0) is 17.9 Å². The maximum atomic E-state index is 12.5. The Hall–Kier alpha value is -3.82. The fourth-order valence-corrected chi connectivity index (χ4v) is 5.17. The number of hydrogen-bond acceptors (Lipinski definition) is 8. The van der Waals surface area contributed by atoms with E-state index in [9.17, 15) is 15.0 Å². The number of nitrogens with zero attached hydrogens (tertiary/aromatic N) is 3. The molecule has 2 heterocycles. The molecule has 0 bridgehead atoms. The third-order valence-corrected chi connectivity index (χ3v) is 7.55. The lowest BCUT2D eigenvalue weighted by Crippen LogP contribution is -2.33. The topological polar surface area (TPSA) is 138 Å². The van der Waals surface area contributed by atoms with Crippen LogP contribution in [0.2, 0.25) is 0 Å². The molecule has 0 saturated heterocycles. The number of hydrogen-bond donors (Lipinski definition) is 4. The zero-order chi connectivity index (χ0) is 27.8. The van der Waals surface area contributed by atoms with Crippen molar-refractivity contribution in [2.24, 2.45) is 11.3 Å². The standard InChI is InChI=1S/C29H37N5O4/c1-17-6-7-19(14-20(17)15-34-12-13-38-24-10-11-25(35)32-22(24)16-34)26(29(3,4)28(36)37)21-8-9-23(33(5)31)27(30)18(21)2/h6-11,14,26H,12-13,15-16,30-31H2,1-5H3,(H,32,35)(H,36,37). The minimum atomic E-state index is -1.11. The van der Waals surface area contributed by atoms with Gasteiger partial charge in [0.1, 0.15) is 18.1 Å². The number of fused-ring (bicyclic) bond motifs is 1. The summed E-state index contributed by atoms with van der Waals surface area (Å²) < 4.78 is 5.84. The third kappa shape index (κ3) is 5.25. The number of carboxylic acids is 1. The van der Waals surface area contributed by atoms with E-state index >= 15 is 0 Å².